The van der Waals surface area contributed by atoms with Crippen molar-refractivity contribution in [2.24, 2.45) is 0 Å². The summed E-state index contributed by atoms with van der Waals surface area (Å²) in [5.41, 5.74) is 2.56. The van der Waals surface area contributed by atoms with Gasteiger partial charge in [0.2, 0.25) is 5.91 Å². The van der Waals surface area contributed by atoms with Crippen molar-refractivity contribution in [3.63, 3.8) is 0 Å². The summed E-state index contributed by atoms with van der Waals surface area (Å²) in [6, 6.07) is 8.13. The van der Waals surface area contributed by atoms with E-state index < -0.39 is 11.9 Å². The van der Waals surface area contributed by atoms with E-state index in [2.05, 4.69) is 10.3 Å². The van der Waals surface area contributed by atoms with E-state index in [1.54, 1.807) is 4.90 Å². The van der Waals surface area contributed by atoms with Crippen LogP contribution < -0.4 is 10.2 Å². The molecule has 0 aliphatic carbocycles. The van der Waals surface area contributed by atoms with Gasteiger partial charge in [0.25, 0.3) is 0 Å². The molecular formula is C17H16F3N3O. The zero-order chi connectivity index (χ0) is 17.3. The fourth-order valence-electron chi connectivity index (χ4n) is 2.72. The van der Waals surface area contributed by atoms with Crippen LogP contribution in [0.15, 0.2) is 36.5 Å². The van der Waals surface area contributed by atoms with Gasteiger partial charge in [-0.25, -0.2) is 0 Å². The van der Waals surface area contributed by atoms with E-state index in [0.717, 1.165) is 29.4 Å². The standard InChI is InChI=1S/C17H16F3N3O/c1-11(24)23-7-6-13-3-4-14(8-15(13)23)21-9-12-2-5-16(22-10-12)17(18,19)20/h2-5,8,10,21H,6-7,9H2,1H3. The summed E-state index contributed by atoms with van der Waals surface area (Å²) in [4.78, 5) is 16.8. The van der Waals surface area contributed by atoms with Crippen LogP contribution in [0.4, 0.5) is 24.5 Å². The lowest BCUT2D eigenvalue weighted by molar-refractivity contribution is -0.141. The van der Waals surface area contributed by atoms with Gasteiger partial charge in [0.05, 0.1) is 0 Å². The maximum Gasteiger partial charge on any atom is 0.433 e. The Labute approximate surface area is 137 Å². The van der Waals surface area contributed by atoms with Crippen molar-refractivity contribution < 1.29 is 18.0 Å². The molecule has 0 saturated carbocycles. The fraction of sp³-hybridized carbons (Fsp3) is 0.294. The van der Waals surface area contributed by atoms with E-state index in [-0.39, 0.29) is 5.91 Å². The maximum atomic E-state index is 12.5. The van der Waals surface area contributed by atoms with Crippen molar-refractivity contribution >= 4 is 17.3 Å². The van der Waals surface area contributed by atoms with Crippen LogP contribution in [0.25, 0.3) is 0 Å². The number of hydrogen-bond donors (Lipinski definition) is 1. The minimum absolute atomic E-state index is 0.00200. The quantitative estimate of drug-likeness (QED) is 0.932. The van der Waals surface area contributed by atoms with Crippen LogP contribution in [0.1, 0.15) is 23.7 Å². The Kier molecular flexibility index (Phi) is 4.17. The van der Waals surface area contributed by atoms with Crippen molar-refractivity contribution in [3.05, 3.63) is 53.3 Å². The fourth-order valence-corrected chi connectivity index (χ4v) is 2.72. The van der Waals surface area contributed by atoms with Gasteiger partial charge < -0.3 is 10.2 Å². The average Bonchev–Trinajstić information content (AvgIpc) is 2.96. The number of alkyl halides is 3. The molecule has 0 fully saturated rings. The van der Waals surface area contributed by atoms with Crippen LogP contribution in [0.3, 0.4) is 0 Å². The first kappa shape index (κ1) is 16.3. The summed E-state index contributed by atoms with van der Waals surface area (Å²) in [5, 5.41) is 3.15. The zero-order valence-corrected chi connectivity index (χ0v) is 13.0. The second kappa shape index (κ2) is 6.14. The second-order valence-electron chi connectivity index (χ2n) is 5.67. The maximum absolute atomic E-state index is 12.5. The van der Waals surface area contributed by atoms with Crippen molar-refractivity contribution in [2.45, 2.75) is 26.1 Å². The molecule has 0 radical (unpaired) electrons. The number of hydrogen-bond acceptors (Lipinski definition) is 3. The monoisotopic (exact) mass is 335 g/mol. The molecule has 4 nitrogen and oxygen atoms in total. The average molecular weight is 335 g/mol. The van der Waals surface area contributed by atoms with Gasteiger partial charge in [0.15, 0.2) is 0 Å². The highest BCUT2D eigenvalue weighted by Gasteiger charge is 2.32. The number of anilines is 2. The first-order valence-electron chi connectivity index (χ1n) is 7.51. The molecule has 2 aromatic rings. The summed E-state index contributed by atoms with van der Waals surface area (Å²) in [7, 11) is 0. The lowest BCUT2D eigenvalue weighted by Gasteiger charge is -2.16. The molecule has 1 N–H and O–H groups in total. The highest BCUT2D eigenvalue weighted by atomic mass is 19.4. The molecule has 1 aliphatic heterocycles. The molecule has 1 amide bonds. The van der Waals surface area contributed by atoms with Crippen LogP contribution in [0, 0.1) is 0 Å². The highest BCUT2D eigenvalue weighted by molar-refractivity contribution is 5.94. The Balaban J connectivity index is 1.69. The SMILES string of the molecule is CC(=O)N1CCc2ccc(NCc3ccc(C(F)(F)F)nc3)cc21. The van der Waals surface area contributed by atoms with Crippen molar-refractivity contribution in [3.8, 4) is 0 Å². The summed E-state index contributed by atoms with van der Waals surface area (Å²) in [6.45, 7) is 2.56. The molecule has 24 heavy (non-hydrogen) atoms. The van der Waals surface area contributed by atoms with Gasteiger partial charge in [-0.05, 0) is 35.7 Å². The molecule has 126 valence electrons. The third kappa shape index (κ3) is 3.34. The van der Waals surface area contributed by atoms with Crippen LogP contribution in [-0.4, -0.2) is 17.4 Å². The number of fused-ring (bicyclic) bond motifs is 1. The summed E-state index contributed by atoms with van der Waals surface area (Å²) in [6.07, 6.45) is -2.38. The Morgan fingerprint density at radius 3 is 2.71 bits per heavy atom. The van der Waals surface area contributed by atoms with Gasteiger partial charge in [-0.3, -0.25) is 9.78 Å². The number of halogens is 3. The number of benzene rings is 1. The molecule has 3 rings (SSSR count). The van der Waals surface area contributed by atoms with Crippen LogP contribution >= 0.6 is 0 Å². The third-order valence-electron chi connectivity index (χ3n) is 3.97. The predicted octanol–water partition coefficient (Wildman–Crippen LogP) is 3.62. The number of carbonyl (C=O) groups excluding carboxylic acids is 1. The van der Waals surface area contributed by atoms with E-state index >= 15 is 0 Å². The van der Waals surface area contributed by atoms with Crippen LogP contribution in [0.2, 0.25) is 0 Å². The molecule has 7 heteroatoms. The number of aromatic nitrogens is 1. The normalized spacial score (nSPS) is 13.8. The summed E-state index contributed by atoms with van der Waals surface area (Å²) in [5.74, 6) is -0.00200. The molecule has 1 aromatic carbocycles. The minimum Gasteiger partial charge on any atom is -0.381 e. The van der Waals surface area contributed by atoms with Gasteiger partial charge in [0.1, 0.15) is 5.69 Å². The Hall–Kier alpha value is -2.57. The molecule has 0 saturated heterocycles. The predicted molar refractivity (Wildman–Crippen MR) is 84.7 cm³/mol. The van der Waals surface area contributed by atoms with Gasteiger partial charge in [-0.2, -0.15) is 13.2 Å². The zero-order valence-electron chi connectivity index (χ0n) is 13.0. The topological polar surface area (TPSA) is 45.2 Å². The van der Waals surface area contributed by atoms with E-state index in [4.69, 9.17) is 0 Å². The van der Waals surface area contributed by atoms with E-state index in [1.165, 1.54) is 19.2 Å². The van der Waals surface area contributed by atoms with Gasteiger partial charge in [0, 0.05) is 37.6 Å². The van der Waals surface area contributed by atoms with Gasteiger partial charge in [-0.1, -0.05) is 12.1 Å². The van der Waals surface area contributed by atoms with Crippen LogP contribution in [0.5, 0.6) is 0 Å². The smallest absolute Gasteiger partial charge is 0.381 e. The summed E-state index contributed by atoms with van der Waals surface area (Å²) < 4.78 is 37.5. The first-order chi connectivity index (χ1) is 11.3. The number of nitrogens with zero attached hydrogens (tertiary/aromatic N) is 2. The third-order valence-corrected chi connectivity index (χ3v) is 3.97. The van der Waals surface area contributed by atoms with E-state index in [9.17, 15) is 18.0 Å². The van der Waals surface area contributed by atoms with E-state index in [0.29, 0.717) is 18.7 Å². The van der Waals surface area contributed by atoms with Crippen LogP contribution in [-0.2, 0) is 23.9 Å². The molecular weight excluding hydrogens is 319 g/mol. The molecule has 0 spiro atoms. The second-order valence-corrected chi connectivity index (χ2v) is 5.67. The highest BCUT2D eigenvalue weighted by Crippen LogP contribution is 2.31. The Morgan fingerprint density at radius 1 is 1.29 bits per heavy atom. The van der Waals surface area contributed by atoms with Crippen molar-refractivity contribution in [2.75, 3.05) is 16.8 Å². The largest absolute Gasteiger partial charge is 0.433 e. The summed E-state index contributed by atoms with van der Waals surface area (Å²) >= 11 is 0. The molecule has 0 bridgehead atoms. The Bertz CT molecular complexity index is 757. The lowest BCUT2D eigenvalue weighted by atomic mass is 10.1. The number of carbonyl (C=O) groups is 1. The van der Waals surface area contributed by atoms with E-state index in [1.807, 2.05) is 18.2 Å². The number of nitrogens with one attached hydrogen (secondary N) is 1. The molecule has 0 atom stereocenters. The molecule has 2 heterocycles. The number of amides is 1. The Morgan fingerprint density at radius 2 is 2.08 bits per heavy atom. The number of pyridine rings is 1. The van der Waals surface area contributed by atoms with Gasteiger partial charge in [-0.15, -0.1) is 0 Å². The molecule has 0 unspecified atom stereocenters. The lowest BCUT2D eigenvalue weighted by Crippen LogP contribution is -2.25. The number of rotatable bonds is 3. The molecule has 1 aromatic heterocycles. The first-order valence-corrected chi connectivity index (χ1v) is 7.51. The molecule has 1 aliphatic rings. The minimum atomic E-state index is -4.43. The van der Waals surface area contributed by atoms with Gasteiger partial charge >= 0.3 is 6.18 Å². The van der Waals surface area contributed by atoms with Crippen molar-refractivity contribution in [1.29, 1.82) is 0 Å². The van der Waals surface area contributed by atoms with Crippen molar-refractivity contribution in [1.82, 2.24) is 4.98 Å².